The summed E-state index contributed by atoms with van der Waals surface area (Å²) in [5, 5.41) is 4.81. The van der Waals surface area contributed by atoms with Crippen molar-refractivity contribution in [3.63, 3.8) is 0 Å². The number of terminal acetylenes is 1. The molecule has 2 aromatic carbocycles. The molecule has 24 heavy (non-hydrogen) atoms. The zero-order valence-corrected chi connectivity index (χ0v) is 12.7. The van der Waals surface area contributed by atoms with Crippen LogP contribution in [-0.4, -0.2) is 25.2 Å². The summed E-state index contributed by atoms with van der Waals surface area (Å²) in [5.74, 6) is 2.99. The number of carbonyl (C=O) groups excluding carboxylic acids is 2. The Morgan fingerprint density at radius 2 is 1.83 bits per heavy atom. The maximum atomic E-state index is 12.2. The predicted molar refractivity (Wildman–Crippen MR) is 88.3 cm³/mol. The minimum absolute atomic E-state index is 0.298. The summed E-state index contributed by atoms with van der Waals surface area (Å²) in [6.07, 6.45) is 5.31. The number of anilines is 1. The molecule has 0 saturated heterocycles. The van der Waals surface area contributed by atoms with Crippen molar-refractivity contribution in [3.8, 4) is 23.8 Å². The summed E-state index contributed by atoms with van der Waals surface area (Å²) in [6, 6.07) is 10.9. The highest BCUT2D eigenvalue weighted by molar-refractivity contribution is 6.08. The number of imide groups is 1. The van der Waals surface area contributed by atoms with E-state index in [0.717, 1.165) is 0 Å². The Bertz CT molecular complexity index is 839. The molecular weight excluding hydrogens is 308 g/mol. The Labute approximate surface area is 138 Å². The highest BCUT2D eigenvalue weighted by Crippen LogP contribution is 2.30. The maximum Gasteiger partial charge on any atom is 0.326 e. The number of amides is 3. The molecule has 120 valence electrons. The Morgan fingerprint density at radius 3 is 2.62 bits per heavy atom. The summed E-state index contributed by atoms with van der Waals surface area (Å²) < 4.78 is 10.8. The number of fused-ring (bicyclic) bond motifs is 1. The fourth-order valence-corrected chi connectivity index (χ4v) is 2.21. The van der Waals surface area contributed by atoms with Gasteiger partial charge in [0, 0.05) is 16.8 Å². The van der Waals surface area contributed by atoms with Gasteiger partial charge in [-0.05, 0) is 36.4 Å². The van der Waals surface area contributed by atoms with Gasteiger partial charge in [0.1, 0.15) is 13.2 Å². The molecule has 1 aliphatic rings. The van der Waals surface area contributed by atoms with Gasteiger partial charge in [-0.25, -0.2) is 4.79 Å². The van der Waals surface area contributed by atoms with Crippen LogP contribution in [0, 0.1) is 12.3 Å². The van der Waals surface area contributed by atoms with Gasteiger partial charge in [-0.15, -0.1) is 6.42 Å². The first kappa shape index (κ1) is 15.4. The average molecular weight is 322 g/mol. The van der Waals surface area contributed by atoms with Crippen molar-refractivity contribution in [1.82, 2.24) is 5.32 Å². The lowest BCUT2D eigenvalue weighted by Crippen LogP contribution is -2.34. The summed E-state index contributed by atoms with van der Waals surface area (Å²) in [7, 11) is 0. The van der Waals surface area contributed by atoms with Crippen molar-refractivity contribution in [2.24, 2.45) is 0 Å². The third-order valence-electron chi connectivity index (χ3n) is 3.32. The van der Waals surface area contributed by atoms with Crippen LogP contribution in [-0.2, 0) is 0 Å². The van der Waals surface area contributed by atoms with Crippen molar-refractivity contribution in [3.05, 3.63) is 53.6 Å². The van der Waals surface area contributed by atoms with Crippen molar-refractivity contribution in [2.75, 3.05) is 18.5 Å². The number of rotatable bonds is 2. The lowest BCUT2D eigenvalue weighted by atomic mass is 10.2. The number of hydrogen-bond acceptors (Lipinski definition) is 4. The van der Waals surface area contributed by atoms with Crippen LogP contribution in [0.4, 0.5) is 10.5 Å². The molecule has 0 saturated carbocycles. The second-order valence-electron chi connectivity index (χ2n) is 4.99. The van der Waals surface area contributed by atoms with Gasteiger partial charge in [0.15, 0.2) is 11.5 Å². The van der Waals surface area contributed by atoms with Gasteiger partial charge in [0.2, 0.25) is 0 Å². The number of hydrogen-bond donors (Lipinski definition) is 2. The van der Waals surface area contributed by atoms with Crippen LogP contribution in [0.3, 0.4) is 0 Å². The first-order valence-corrected chi connectivity index (χ1v) is 7.24. The molecule has 0 radical (unpaired) electrons. The van der Waals surface area contributed by atoms with Crippen LogP contribution >= 0.6 is 0 Å². The summed E-state index contributed by atoms with van der Waals surface area (Å²) in [4.78, 5) is 24.1. The van der Waals surface area contributed by atoms with Gasteiger partial charge >= 0.3 is 6.03 Å². The third-order valence-corrected chi connectivity index (χ3v) is 3.32. The van der Waals surface area contributed by atoms with Crippen LogP contribution in [0.15, 0.2) is 42.5 Å². The minimum Gasteiger partial charge on any atom is -0.486 e. The smallest absolute Gasteiger partial charge is 0.326 e. The number of ether oxygens (including phenoxy) is 2. The lowest BCUT2D eigenvalue weighted by molar-refractivity contribution is 0.0966. The predicted octanol–water partition coefficient (Wildman–Crippen LogP) is 2.40. The second kappa shape index (κ2) is 6.75. The number of carbonyl (C=O) groups is 2. The van der Waals surface area contributed by atoms with Crippen LogP contribution in [0.5, 0.6) is 11.5 Å². The molecule has 0 unspecified atom stereocenters. The number of nitrogens with one attached hydrogen (secondary N) is 2. The molecular formula is C18H14N2O4. The molecule has 0 atom stereocenters. The molecule has 6 nitrogen and oxygen atoms in total. The van der Waals surface area contributed by atoms with Gasteiger partial charge in [-0.2, -0.15) is 0 Å². The number of benzene rings is 2. The second-order valence-corrected chi connectivity index (χ2v) is 4.99. The molecule has 0 aliphatic carbocycles. The van der Waals surface area contributed by atoms with Crippen molar-refractivity contribution >= 4 is 17.6 Å². The van der Waals surface area contributed by atoms with Crippen molar-refractivity contribution in [2.45, 2.75) is 0 Å². The lowest BCUT2D eigenvalue weighted by Gasteiger charge is -2.18. The Morgan fingerprint density at radius 1 is 1.04 bits per heavy atom. The largest absolute Gasteiger partial charge is 0.486 e. The van der Waals surface area contributed by atoms with E-state index in [4.69, 9.17) is 15.9 Å². The molecule has 0 aromatic heterocycles. The molecule has 1 aliphatic heterocycles. The van der Waals surface area contributed by atoms with E-state index in [1.165, 1.54) is 6.07 Å². The fraction of sp³-hybridized carbons (Fsp3) is 0.111. The first-order valence-electron chi connectivity index (χ1n) is 7.24. The van der Waals surface area contributed by atoms with Gasteiger partial charge in [-0.1, -0.05) is 12.0 Å². The van der Waals surface area contributed by atoms with E-state index in [9.17, 15) is 9.59 Å². The monoisotopic (exact) mass is 322 g/mol. The molecule has 2 aromatic rings. The van der Waals surface area contributed by atoms with Gasteiger partial charge in [0.25, 0.3) is 5.91 Å². The van der Waals surface area contributed by atoms with Crippen molar-refractivity contribution < 1.29 is 19.1 Å². The number of urea groups is 1. The van der Waals surface area contributed by atoms with E-state index in [2.05, 4.69) is 16.6 Å². The quantitative estimate of drug-likeness (QED) is 0.833. The van der Waals surface area contributed by atoms with E-state index < -0.39 is 11.9 Å². The minimum atomic E-state index is -0.649. The van der Waals surface area contributed by atoms with Gasteiger partial charge in [0.05, 0.1) is 0 Å². The molecule has 2 N–H and O–H groups in total. The highest BCUT2D eigenvalue weighted by atomic mass is 16.6. The Kier molecular flexibility index (Phi) is 4.34. The van der Waals surface area contributed by atoms with E-state index in [1.54, 1.807) is 36.4 Å². The molecule has 6 heteroatoms. The Hall–Kier alpha value is -3.46. The fourth-order valence-electron chi connectivity index (χ4n) is 2.21. The summed E-state index contributed by atoms with van der Waals surface area (Å²) in [5.41, 5.74) is 1.43. The zero-order chi connectivity index (χ0) is 16.9. The van der Waals surface area contributed by atoms with Crippen LogP contribution in [0.25, 0.3) is 0 Å². The van der Waals surface area contributed by atoms with Crippen molar-refractivity contribution in [1.29, 1.82) is 0 Å². The maximum absolute atomic E-state index is 12.2. The zero-order valence-electron chi connectivity index (χ0n) is 12.7. The van der Waals surface area contributed by atoms with Gasteiger partial charge in [-0.3, -0.25) is 10.1 Å². The Balaban J connectivity index is 1.66. The average Bonchev–Trinajstić information content (AvgIpc) is 2.61. The van der Waals surface area contributed by atoms with Crippen LogP contribution < -0.4 is 20.1 Å². The van der Waals surface area contributed by atoms with Gasteiger partial charge < -0.3 is 14.8 Å². The van der Waals surface area contributed by atoms with E-state index in [-0.39, 0.29) is 0 Å². The van der Waals surface area contributed by atoms with E-state index in [1.807, 2.05) is 0 Å². The highest BCUT2D eigenvalue weighted by Gasteiger charge is 2.16. The molecule has 0 bridgehead atoms. The molecule has 3 rings (SSSR count). The molecule has 3 amide bonds. The topological polar surface area (TPSA) is 76.7 Å². The first-order chi connectivity index (χ1) is 11.7. The third kappa shape index (κ3) is 3.47. The normalized spacial score (nSPS) is 12.0. The van der Waals surface area contributed by atoms with E-state index in [0.29, 0.717) is 41.5 Å². The standard InChI is InChI=1S/C18H14N2O4/c1-2-12-4-3-5-14(10-12)19-18(22)20-17(21)13-6-7-15-16(11-13)24-9-8-23-15/h1,3-7,10-11H,8-9H2,(H2,19,20,21,22). The van der Waals surface area contributed by atoms with Crippen LogP contribution in [0.1, 0.15) is 15.9 Å². The van der Waals surface area contributed by atoms with E-state index >= 15 is 0 Å². The molecule has 0 fully saturated rings. The summed E-state index contributed by atoms with van der Waals surface area (Å²) in [6.45, 7) is 0.891. The SMILES string of the molecule is C#Cc1cccc(NC(=O)NC(=O)c2ccc3c(c2)OCCO3)c1. The molecule has 0 spiro atoms. The molecule has 1 heterocycles. The summed E-state index contributed by atoms with van der Waals surface area (Å²) >= 11 is 0. The van der Waals surface area contributed by atoms with Crippen LogP contribution in [0.2, 0.25) is 0 Å².